The molecular weight excluding hydrogens is 216 g/mol. The third-order valence-electron chi connectivity index (χ3n) is 2.56. The lowest BCUT2D eigenvalue weighted by Gasteiger charge is -2.06. The molecule has 1 heterocycles. The lowest BCUT2D eigenvalue weighted by Crippen LogP contribution is -2.07. The predicted octanol–water partition coefficient (Wildman–Crippen LogP) is 2.12. The van der Waals surface area contributed by atoms with Gasteiger partial charge in [-0.15, -0.1) is 5.10 Å². The van der Waals surface area contributed by atoms with Crippen LogP contribution in [0.25, 0.3) is 11.3 Å². The van der Waals surface area contributed by atoms with Crippen LogP contribution in [0.3, 0.4) is 0 Å². The average Bonchev–Trinajstić information content (AvgIpc) is 2.71. The van der Waals surface area contributed by atoms with Gasteiger partial charge in [-0.1, -0.05) is 17.3 Å². The van der Waals surface area contributed by atoms with Crippen molar-refractivity contribution in [2.45, 2.75) is 19.9 Å². The quantitative estimate of drug-likeness (QED) is 0.880. The van der Waals surface area contributed by atoms with Gasteiger partial charge in [-0.3, -0.25) is 0 Å². The second-order valence-electron chi connectivity index (χ2n) is 4.09. The first-order valence-corrected chi connectivity index (χ1v) is 5.48. The molecule has 2 rings (SSSR count). The maximum absolute atomic E-state index is 6.02. The van der Waals surface area contributed by atoms with E-state index in [1.807, 2.05) is 38.1 Å². The lowest BCUT2D eigenvalue weighted by molar-refractivity contribution is 0.415. The number of anilines is 1. The lowest BCUT2D eigenvalue weighted by atomic mass is 10.1. The molecule has 1 aromatic carbocycles. The van der Waals surface area contributed by atoms with Crippen LogP contribution in [0.15, 0.2) is 24.3 Å². The van der Waals surface area contributed by atoms with Gasteiger partial charge >= 0.3 is 0 Å². The Labute approximate surface area is 100 Å². The van der Waals surface area contributed by atoms with Crippen LogP contribution in [0.4, 0.5) is 5.82 Å². The monoisotopic (exact) mass is 232 g/mol. The number of nitrogen functional groups attached to an aromatic ring is 1. The molecule has 2 aromatic rings. The molecule has 0 radical (unpaired) electrons. The van der Waals surface area contributed by atoms with Crippen LogP contribution in [0.2, 0.25) is 0 Å². The number of nitrogens with zero attached hydrogens (tertiary/aromatic N) is 3. The van der Waals surface area contributed by atoms with E-state index < -0.39 is 0 Å². The van der Waals surface area contributed by atoms with Crippen LogP contribution < -0.4 is 10.5 Å². The summed E-state index contributed by atoms with van der Waals surface area (Å²) < 4.78 is 6.88. The van der Waals surface area contributed by atoms with Gasteiger partial charge < -0.3 is 10.5 Å². The molecule has 0 unspecified atom stereocenters. The highest BCUT2D eigenvalue weighted by Gasteiger charge is 2.13. The zero-order valence-corrected chi connectivity index (χ0v) is 10.2. The molecule has 0 aliphatic rings. The summed E-state index contributed by atoms with van der Waals surface area (Å²) >= 11 is 0. The summed E-state index contributed by atoms with van der Waals surface area (Å²) in [6, 6.07) is 7.81. The Morgan fingerprint density at radius 2 is 2.12 bits per heavy atom. The van der Waals surface area contributed by atoms with Crippen molar-refractivity contribution >= 4 is 5.82 Å². The summed E-state index contributed by atoms with van der Waals surface area (Å²) in [4.78, 5) is 0. The van der Waals surface area contributed by atoms with Gasteiger partial charge in [0.05, 0.1) is 13.2 Å². The van der Waals surface area contributed by atoms with Gasteiger partial charge in [-0.2, -0.15) is 0 Å². The molecule has 2 N–H and O–H groups in total. The minimum absolute atomic E-state index is 0.196. The molecule has 0 bridgehead atoms. The Morgan fingerprint density at radius 3 is 2.71 bits per heavy atom. The molecule has 5 nitrogen and oxygen atoms in total. The highest BCUT2D eigenvalue weighted by atomic mass is 16.5. The Bertz CT molecular complexity index is 519. The van der Waals surface area contributed by atoms with E-state index >= 15 is 0 Å². The van der Waals surface area contributed by atoms with Crippen molar-refractivity contribution in [3.63, 3.8) is 0 Å². The Hall–Kier alpha value is -2.04. The number of benzene rings is 1. The maximum atomic E-state index is 6.02. The second-order valence-corrected chi connectivity index (χ2v) is 4.09. The maximum Gasteiger partial charge on any atom is 0.150 e. The SMILES string of the molecule is COc1cccc(-c2nnn(C(C)C)c2N)c1. The number of aromatic nitrogens is 3. The first-order chi connectivity index (χ1) is 8.13. The van der Waals surface area contributed by atoms with Crippen molar-refractivity contribution in [3.05, 3.63) is 24.3 Å². The van der Waals surface area contributed by atoms with Crippen molar-refractivity contribution < 1.29 is 4.74 Å². The van der Waals surface area contributed by atoms with Gasteiger partial charge in [0.2, 0.25) is 0 Å². The highest BCUT2D eigenvalue weighted by molar-refractivity contribution is 5.70. The zero-order chi connectivity index (χ0) is 12.4. The Balaban J connectivity index is 2.46. The molecule has 17 heavy (non-hydrogen) atoms. The number of ether oxygens (including phenoxy) is 1. The molecule has 0 aliphatic heterocycles. The van der Waals surface area contributed by atoms with Gasteiger partial charge in [0.15, 0.2) is 5.82 Å². The van der Waals surface area contributed by atoms with Crippen molar-refractivity contribution in [2.24, 2.45) is 0 Å². The number of nitrogens with two attached hydrogens (primary N) is 1. The van der Waals surface area contributed by atoms with Gasteiger partial charge in [0, 0.05) is 5.56 Å². The summed E-state index contributed by atoms with van der Waals surface area (Å²) in [7, 11) is 1.63. The fraction of sp³-hybridized carbons (Fsp3) is 0.333. The van der Waals surface area contributed by atoms with Crippen LogP contribution in [0.1, 0.15) is 19.9 Å². The third kappa shape index (κ3) is 2.08. The minimum atomic E-state index is 0.196. The van der Waals surface area contributed by atoms with Gasteiger partial charge in [-0.25, -0.2) is 4.68 Å². The molecule has 0 aliphatic carbocycles. The summed E-state index contributed by atoms with van der Waals surface area (Å²) in [5, 5.41) is 8.16. The summed E-state index contributed by atoms with van der Waals surface area (Å²) in [6.45, 7) is 4.03. The third-order valence-corrected chi connectivity index (χ3v) is 2.56. The number of hydrogen-bond acceptors (Lipinski definition) is 4. The molecule has 1 aromatic heterocycles. The molecule has 0 atom stereocenters. The normalized spacial score (nSPS) is 10.8. The van der Waals surface area contributed by atoms with Crippen LogP contribution in [-0.4, -0.2) is 22.1 Å². The van der Waals surface area contributed by atoms with Gasteiger partial charge in [0.25, 0.3) is 0 Å². The van der Waals surface area contributed by atoms with Gasteiger partial charge in [0.1, 0.15) is 11.4 Å². The van der Waals surface area contributed by atoms with E-state index in [2.05, 4.69) is 10.3 Å². The summed E-state index contributed by atoms with van der Waals surface area (Å²) in [5.74, 6) is 1.36. The highest BCUT2D eigenvalue weighted by Crippen LogP contribution is 2.27. The summed E-state index contributed by atoms with van der Waals surface area (Å²) in [5.41, 5.74) is 7.63. The Kier molecular flexibility index (Phi) is 2.99. The van der Waals surface area contributed by atoms with E-state index in [-0.39, 0.29) is 6.04 Å². The fourth-order valence-corrected chi connectivity index (χ4v) is 1.66. The van der Waals surface area contributed by atoms with Crippen LogP contribution in [-0.2, 0) is 0 Å². The van der Waals surface area contributed by atoms with Crippen molar-refractivity contribution in [3.8, 4) is 17.0 Å². The molecule has 0 saturated carbocycles. The standard InChI is InChI=1S/C12H16N4O/c1-8(2)16-12(13)11(14-15-16)9-5-4-6-10(7-9)17-3/h4-8H,13H2,1-3H3. The first kappa shape index (κ1) is 11.4. The molecule has 90 valence electrons. The first-order valence-electron chi connectivity index (χ1n) is 5.48. The van der Waals surface area contributed by atoms with Gasteiger partial charge in [-0.05, 0) is 26.0 Å². The largest absolute Gasteiger partial charge is 0.497 e. The molecule has 5 heteroatoms. The van der Waals surface area contributed by atoms with Crippen LogP contribution in [0.5, 0.6) is 5.75 Å². The van der Waals surface area contributed by atoms with E-state index in [1.165, 1.54) is 0 Å². The summed E-state index contributed by atoms with van der Waals surface area (Å²) in [6.07, 6.45) is 0. The van der Waals surface area contributed by atoms with E-state index in [0.29, 0.717) is 11.5 Å². The predicted molar refractivity (Wildman–Crippen MR) is 66.8 cm³/mol. The van der Waals surface area contributed by atoms with Crippen LogP contribution in [0, 0.1) is 0 Å². The molecular formula is C12H16N4O. The van der Waals surface area contributed by atoms with E-state index in [0.717, 1.165) is 11.3 Å². The van der Waals surface area contributed by atoms with Crippen LogP contribution >= 0.6 is 0 Å². The molecule has 0 fully saturated rings. The second kappa shape index (κ2) is 4.45. The minimum Gasteiger partial charge on any atom is -0.497 e. The Morgan fingerprint density at radius 1 is 1.35 bits per heavy atom. The molecule has 0 saturated heterocycles. The number of hydrogen-bond donors (Lipinski definition) is 1. The zero-order valence-electron chi connectivity index (χ0n) is 10.2. The molecule has 0 spiro atoms. The smallest absolute Gasteiger partial charge is 0.150 e. The van der Waals surface area contributed by atoms with E-state index in [9.17, 15) is 0 Å². The van der Waals surface area contributed by atoms with Crippen molar-refractivity contribution in [1.82, 2.24) is 15.0 Å². The molecule has 0 amide bonds. The van der Waals surface area contributed by atoms with Crippen molar-refractivity contribution in [2.75, 3.05) is 12.8 Å². The van der Waals surface area contributed by atoms with E-state index in [1.54, 1.807) is 11.8 Å². The average molecular weight is 232 g/mol. The number of methoxy groups -OCH3 is 1. The number of rotatable bonds is 3. The van der Waals surface area contributed by atoms with E-state index in [4.69, 9.17) is 10.5 Å². The topological polar surface area (TPSA) is 66.0 Å². The van der Waals surface area contributed by atoms with Crippen molar-refractivity contribution in [1.29, 1.82) is 0 Å². The fourth-order valence-electron chi connectivity index (χ4n) is 1.66.